The Bertz CT molecular complexity index is 680. The molecule has 7 nitrogen and oxygen atoms in total. The summed E-state index contributed by atoms with van der Waals surface area (Å²) < 4.78 is 10.1. The SMILES string of the molecule is COC(=O)c1ccc(NC(=O)[C@@H]2[C@@H](C(=O)O)[C@@H]3C=C[C@@H]2O3)cc1. The van der Waals surface area contributed by atoms with Gasteiger partial charge in [0.25, 0.3) is 0 Å². The van der Waals surface area contributed by atoms with E-state index >= 15 is 0 Å². The van der Waals surface area contributed by atoms with Crippen LogP contribution in [-0.4, -0.2) is 42.3 Å². The van der Waals surface area contributed by atoms with Crippen molar-refractivity contribution in [1.82, 2.24) is 0 Å². The molecule has 23 heavy (non-hydrogen) atoms. The van der Waals surface area contributed by atoms with E-state index in [2.05, 4.69) is 10.1 Å². The summed E-state index contributed by atoms with van der Waals surface area (Å²) in [6.45, 7) is 0. The van der Waals surface area contributed by atoms with Crippen molar-refractivity contribution in [2.45, 2.75) is 12.2 Å². The molecular weight excluding hydrogens is 302 g/mol. The Morgan fingerprint density at radius 3 is 2.26 bits per heavy atom. The first-order valence-electron chi connectivity index (χ1n) is 7.07. The molecule has 1 aromatic rings. The van der Waals surface area contributed by atoms with Crippen molar-refractivity contribution in [2.24, 2.45) is 11.8 Å². The first-order chi connectivity index (χ1) is 11.0. The van der Waals surface area contributed by atoms with Gasteiger partial charge in [0.15, 0.2) is 0 Å². The van der Waals surface area contributed by atoms with Crippen LogP contribution in [0.5, 0.6) is 0 Å². The molecular formula is C16H15NO6. The minimum Gasteiger partial charge on any atom is -0.481 e. The first kappa shape index (κ1) is 15.2. The zero-order valence-electron chi connectivity index (χ0n) is 12.3. The molecule has 1 saturated heterocycles. The third kappa shape index (κ3) is 2.70. The minimum atomic E-state index is -1.05. The van der Waals surface area contributed by atoms with Crippen molar-refractivity contribution >= 4 is 23.5 Å². The summed E-state index contributed by atoms with van der Waals surface area (Å²) in [4.78, 5) is 35.1. The van der Waals surface area contributed by atoms with Crippen LogP contribution in [0.4, 0.5) is 5.69 Å². The summed E-state index contributed by atoms with van der Waals surface area (Å²) in [5, 5.41) is 12.0. The van der Waals surface area contributed by atoms with E-state index < -0.39 is 41.9 Å². The second kappa shape index (κ2) is 5.85. The van der Waals surface area contributed by atoms with E-state index in [9.17, 15) is 19.5 Å². The van der Waals surface area contributed by atoms with Gasteiger partial charge in [0, 0.05) is 5.69 Å². The van der Waals surface area contributed by atoms with Crippen molar-refractivity contribution in [3.8, 4) is 0 Å². The van der Waals surface area contributed by atoms with Gasteiger partial charge in [-0.25, -0.2) is 4.79 Å². The number of methoxy groups -OCH3 is 1. The summed E-state index contributed by atoms with van der Waals surface area (Å²) in [5.74, 6) is -3.61. The summed E-state index contributed by atoms with van der Waals surface area (Å²) in [5.41, 5.74) is 0.832. The van der Waals surface area contributed by atoms with Gasteiger partial charge in [0.2, 0.25) is 5.91 Å². The maximum absolute atomic E-state index is 12.4. The number of ether oxygens (including phenoxy) is 2. The largest absolute Gasteiger partial charge is 0.481 e. The molecule has 2 N–H and O–H groups in total. The van der Waals surface area contributed by atoms with Gasteiger partial charge in [-0.05, 0) is 24.3 Å². The third-order valence-electron chi connectivity index (χ3n) is 4.06. The van der Waals surface area contributed by atoms with Crippen LogP contribution in [0.1, 0.15) is 10.4 Å². The number of fused-ring (bicyclic) bond motifs is 2. The Kier molecular flexibility index (Phi) is 3.87. The van der Waals surface area contributed by atoms with E-state index in [1.807, 2.05) is 0 Å². The van der Waals surface area contributed by atoms with E-state index in [4.69, 9.17) is 4.74 Å². The van der Waals surface area contributed by atoms with Gasteiger partial charge in [0.05, 0.1) is 30.8 Å². The Hall–Kier alpha value is -2.67. The number of nitrogens with one attached hydrogen (secondary N) is 1. The molecule has 2 bridgehead atoms. The van der Waals surface area contributed by atoms with Gasteiger partial charge in [-0.1, -0.05) is 12.2 Å². The smallest absolute Gasteiger partial charge is 0.337 e. The molecule has 120 valence electrons. The Morgan fingerprint density at radius 2 is 1.70 bits per heavy atom. The van der Waals surface area contributed by atoms with E-state index in [0.29, 0.717) is 11.3 Å². The lowest BCUT2D eigenvalue weighted by atomic mass is 9.82. The number of carbonyl (C=O) groups excluding carboxylic acids is 2. The van der Waals surface area contributed by atoms with E-state index in [1.54, 1.807) is 24.3 Å². The average Bonchev–Trinajstić information content (AvgIpc) is 3.15. The fourth-order valence-corrected chi connectivity index (χ4v) is 2.95. The van der Waals surface area contributed by atoms with E-state index in [-0.39, 0.29) is 0 Å². The molecule has 3 rings (SSSR count). The molecule has 1 amide bonds. The van der Waals surface area contributed by atoms with Crippen molar-refractivity contribution in [1.29, 1.82) is 0 Å². The summed E-state index contributed by atoms with van der Waals surface area (Å²) >= 11 is 0. The highest BCUT2D eigenvalue weighted by Crippen LogP contribution is 2.39. The molecule has 1 aromatic carbocycles. The van der Waals surface area contributed by atoms with Gasteiger partial charge < -0.3 is 19.9 Å². The van der Waals surface area contributed by atoms with Crippen LogP contribution in [0.15, 0.2) is 36.4 Å². The van der Waals surface area contributed by atoms with Crippen LogP contribution in [0, 0.1) is 11.8 Å². The number of carboxylic acids is 1. The molecule has 2 heterocycles. The number of esters is 1. The number of aliphatic carboxylic acids is 1. The summed E-state index contributed by atoms with van der Waals surface area (Å²) in [7, 11) is 1.28. The average molecular weight is 317 g/mol. The van der Waals surface area contributed by atoms with Gasteiger partial charge in [0.1, 0.15) is 5.92 Å². The van der Waals surface area contributed by atoms with Gasteiger partial charge in [-0.2, -0.15) is 0 Å². The standard InChI is InChI=1S/C16H15NO6/c1-22-16(21)8-2-4-9(5-3-8)17-14(18)12-10-6-7-11(23-10)13(12)15(19)20/h2-7,10-13H,1H3,(H,17,18)(H,19,20)/t10-,11-,12-,13-/m0/s1. The number of amides is 1. The molecule has 0 spiro atoms. The number of hydrogen-bond donors (Lipinski definition) is 2. The van der Waals surface area contributed by atoms with Crippen LogP contribution in [0.2, 0.25) is 0 Å². The zero-order chi connectivity index (χ0) is 16.6. The number of hydrogen-bond acceptors (Lipinski definition) is 5. The topological polar surface area (TPSA) is 102 Å². The van der Waals surface area contributed by atoms with E-state index in [1.165, 1.54) is 19.2 Å². The maximum atomic E-state index is 12.4. The lowest BCUT2D eigenvalue weighted by Crippen LogP contribution is -2.39. The van der Waals surface area contributed by atoms with Crippen LogP contribution >= 0.6 is 0 Å². The lowest BCUT2D eigenvalue weighted by Gasteiger charge is -2.21. The molecule has 7 heteroatoms. The first-order valence-corrected chi connectivity index (χ1v) is 7.07. The molecule has 0 radical (unpaired) electrons. The summed E-state index contributed by atoms with van der Waals surface area (Å²) in [6.07, 6.45) is 2.32. The number of benzene rings is 1. The van der Waals surface area contributed by atoms with Gasteiger partial charge in [-0.3, -0.25) is 9.59 Å². The zero-order valence-corrected chi connectivity index (χ0v) is 12.3. The molecule has 4 atom stereocenters. The van der Waals surface area contributed by atoms with Crippen LogP contribution in [0.25, 0.3) is 0 Å². The number of rotatable bonds is 4. The fourth-order valence-electron chi connectivity index (χ4n) is 2.95. The number of anilines is 1. The Morgan fingerprint density at radius 1 is 1.09 bits per heavy atom. The number of carboxylic acid groups (broad SMARTS) is 1. The highest BCUT2D eigenvalue weighted by atomic mass is 16.5. The molecule has 0 aliphatic carbocycles. The second-order valence-electron chi connectivity index (χ2n) is 5.40. The van der Waals surface area contributed by atoms with E-state index in [0.717, 1.165) is 0 Å². The van der Waals surface area contributed by atoms with Crippen molar-refractivity contribution < 1.29 is 29.0 Å². The van der Waals surface area contributed by atoms with Crippen molar-refractivity contribution in [3.05, 3.63) is 42.0 Å². The molecule has 0 unspecified atom stereocenters. The number of carbonyl (C=O) groups is 3. The predicted octanol–water partition coefficient (Wildman–Crippen LogP) is 1.07. The Balaban J connectivity index is 1.73. The maximum Gasteiger partial charge on any atom is 0.337 e. The van der Waals surface area contributed by atoms with Crippen LogP contribution in [0.3, 0.4) is 0 Å². The molecule has 0 saturated carbocycles. The molecule has 0 aromatic heterocycles. The molecule has 1 fully saturated rings. The van der Waals surface area contributed by atoms with Gasteiger partial charge in [-0.15, -0.1) is 0 Å². The predicted molar refractivity (Wildman–Crippen MR) is 78.8 cm³/mol. The quantitative estimate of drug-likeness (QED) is 0.636. The normalized spacial score (nSPS) is 27.7. The minimum absolute atomic E-state index is 0.361. The summed E-state index contributed by atoms with van der Waals surface area (Å²) in [6, 6.07) is 6.16. The van der Waals surface area contributed by atoms with Crippen molar-refractivity contribution in [2.75, 3.05) is 12.4 Å². The van der Waals surface area contributed by atoms with Gasteiger partial charge >= 0.3 is 11.9 Å². The molecule has 2 aliphatic heterocycles. The second-order valence-corrected chi connectivity index (χ2v) is 5.40. The highest BCUT2D eigenvalue weighted by Gasteiger charge is 2.53. The third-order valence-corrected chi connectivity index (χ3v) is 4.06. The molecule has 2 aliphatic rings. The van der Waals surface area contributed by atoms with Crippen LogP contribution < -0.4 is 5.32 Å². The Labute approximate surface area is 131 Å². The highest BCUT2D eigenvalue weighted by molar-refractivity contribution is 5.97. The lowest BCUT2D eigenvalue weighted by molar-refractivity contribution is -0.145. The monoisotopic (exact) mass is 317 g/mol. The van der Waals surface area contributed by atoms with Crippen LogP contribution in [-0.2, 0) is 19.1 Å². The van der Waals surface area contributed by atoms with Crippen molar-refractivity contribution in [3.63, 3.8) is 0 Å². The fraction of sp³-hybridized carbons (Fsp3) is 0.312.